The van der Waals surface area contributed by atoms with Crippen molar-refractivity contribution in [1.29, 1.82) is 0 Å². The molecule has 10 nitrogen and oxygen atoms in total. The summed E-state index contributed by atoms with van der Waals surface area (Å²) in [6.45, 7) is 2.42. The number of halogens is 2. The molecule has 13 heteroatoms. The molecule has 2 aliphatic rings. The normalized spacial score (nSPS) is 18.9. The minimum Gasteiger partial charge on any atom is -0.337 e. The number of hydrogen-bond acceptors (Lipinski definition) is 7. The maximum Gasteiger partial charge on any atom is 0.284 e. The Kier molecular flexibility index (Phi) is 6.08. The minimum atomic E-state index is -3.16. The second kappa shape index (κ2) is 9.04. The van der Waals surface area contributed by atoms with E-state index in [4.69, 9.17) is 0 Å². The molecule has 0 unspecified atom stereocenters. The molecule has 0 bridgehead atoms. The third-order valence-electron chi connectivity index (χ3n) is 6.43. The highest BCUT2D eigenvalue weighted by Gasteiger charge is 2.37. The van der Waals surface area contributed by atoms with Crippen LogP contribution in [0.25, 0.3) is 11.4 Å². The van der Waals surface area contributed by atoms with Crippen molar-refractivity contribution < 1.29 is 17.2 Å². The Bertz CT molecular complexity index is 1230. The van der Waals surface area contributed by atoms with Crippen LogP contribution in [0.15, 0.2) is 36.7 Å². The van der Waals surface area contributed by atoms with Gasteiger partial charge in [-0.1, -0.05) is 6.07 Å². The first kappa shape index (κ1) is 22.9. The van der Waals surface area contributed by atoms with Gasteiger partial charge in [-0.05, 0) is 31.0 Å². The first-order valence-corrected chi connectivity index (χ1v) is 12.9. The van der Waals surface area contributed by atoms with E-state index in [1.165, 1.54) is 10.6 Å². The fourth-order valence-corrected chi connectivity index (χ4v) is 5.41. The van der Waals surface area contributed by atoms with Crippen molar-refractivity contribution >= 4 is 21.5 Å². The molecule has 2 fully saturated rings. The van der Waals surface area contributed by atoms with E-state index in [0.29, 0.717) is 43.7 Å². The molecule has 34 heavy (non-hydrogen) atoms. The number of sulfonamides is 1. The summed E-state index contributed by atoms with van der Waals surface area (Å²) in [5.74, 6) is 0.432. The lowest BCUT2D eigenvalue weighted by atomic mass is 9.98. The predicted octanol–water partition coefficient (Wildman–Crippen LogP) is 2.63. The van der Waals surface area contributed by atoms with Gasteiger partial charge in [-0.25, -0.2) is 26.5 Å². The summed E-state index contributed by atoms with van der Waals surface area (Å²) in [5, 5.41) is 13.9. The smallest absolute Gasteiger partial charge is 0.284 e. The van der Waals surface area contributed by atoms with E-state index in [0.717, 1.165) is 18.5 Å². The zero-order chi connectivity index (χ0) is 23.9. The number of H-pyrrole nitrogens is 1. The largest absolute Gasteiger partial charge is 0.337 e. The molecular formula is C21H26F2N8O2S. The van der Waals surface area contributed by atoms with Crippen LogP contribution in [0.1, 0.15) is 31.0 Å². The van der Waals surface area contributed by atoms with Gasteiger partial charge in [-0.2, -0.15) is 10.2 Å². The van der Waals surface area contributed by atoms with Gasteiger partial charge in [-0.3, -0.25) is 14.7 Å². The predicted molar refractivity (Wildman–Crippen MR) is 122 cm³/mol. The zero-order valence-electron chi connectivity index (χ0n) is 18.6. The molecule has 0 aliphatic carbocycles. The fourth-order valence-electron chi connectivity index (χ4n) is 4.53. The molecule has 0 atom stereocenters. The lowest BCUT2D eigenvalue weighted by Gasteiger charge is -2.46. The number of hydrogen-bond donors (Lipinski definition) is 2. The Morgan fingerprint density at radius 2 is 1.91 bits per heavy atom. The number of nitrogens with one attached hydrogen (secondary N) is 2. The molecule has 2 N–H and O–H groups in total. The van der Waals surface area contributed by atoms with E-state index in [9.17, 15) is 17.2 Å². The fraction of sp³-hybridized carbons (Fsp3) is 0.476. The highest BCUT2D eigenvalue weighted by Crippen LogP contribution is 2.33. The average molecular weight is 493 g/mol. The Balaban J connectivity index is 1.25. The van der Waals surface area contributed by atoms with E-state index in [1.807, 2.05) is 0 Å². The van der Waals surface area contributed by atoms with Gasteiger partial charge < -0.3 is 5.32 Å². The molecular weight excluding hydrogens is 466 g/mol. The topological polar surface area (TPSA) is 112 Å². The van der Waals surface area contributed by atoms with E-state index in [1.54, 1.807) is 41.3 Å². The van der Waals surface area contributed by atoms with Crippen LogP contribution in [0.2, 0.25) is 0 Å². The van der Waals surface area contributed by atoms with Crippen LogP contribution >= 0.6 is 0 Å². The Labute approximate surface area is 196 Å². The lowest BCUT2D eigenvalue weighted by Crippen LogP contribution is -2.56. The number of pyridine rings is 1. The number of anilines is 2. The molecule has 3 aromatic rings. The third kappa shape index (κ3) is 4.68. The molecule has 0 amide bonds. The molecule has 0 saturated carbocycles. The molecule has 2 saturated heterocycles. The van der Waals surface area contributed by atoms with Crippen molar-refractivity contribution in [2.45, 2.75) is 31.4 Å². The van der Waals surface area contributed by atoms with Gasteiger partial charge in [0, 0.05) is 44.6 Å². The zero-order valence-corrected chi connectivity index (χ0v) is 19.4. The van der Waals surface area contributed by atoms with Gasteiger partial charge >= 0.3 is 0 Å². The van der Waals surface area contributed by atoms with Gasteiger partial charge in [0.1, 0.15) is 5.82 Å². The van der Waals surface area contributed by atoms with Crippen LogP contribution in [0, 0.1) is 0 Å². The second-order valence-electron chi connectivity index (χ2n) is 8.71. The molecule has 5 heterocycles. The van der Waals surface area contributed by atoms with Crippen LogP contribution in [0.4, 0.5) is 20.3 Å². The van der Waals surface area contributed by atoms with E-state index < -0.39 is 16.4 Å². The maximum absolute atomic E-state index is 13.7. The molecule has 0 radical (unpaired) electrons. The van der Waals surface area contributed by atoms with E-state index in [-0.39, 0.29) is 17.4 Å². The second-order valence-corrected chi connectivity index (χ2v) is 10.7. The third-order valence-corrected chi connectivity index (χ3v) is 7.73. The molecule has 5 rings (SSSR count). The summed E-state index contributed by atoms with van der Waals surface area (Å²) in [7, 11) is -3.16. The van der Waals surface area contributed by atoms with Crippen LogP contribution in [-0.2, 0) is 10.0 Å². The van der Waals surface area contributed by atoms with Crippen molar-refractivity contribution in [2.75, 3.05) is 37.8 Å². The van der Waals surface area contributed by atoms with Crippen molar-refractivity contribution in [3.63, 3.8) is 0 Å². The van der Waals surface area contributed by atoms with Gasteiger partial charge in [0.05, 0.1) is 29.4 Å². The van der Waals surface area contributed by atoms with E-state index >= 15 is 0 Å². The number of aromatic amines is 1. The number of rotatable bonds is 7. The molecule has 182 valence electrons. The minimum absolute atomic E-state index is 0.00901. The van der Waals surface area contributed by atoms with Gasteiger partial charge in [0.25, 0.3) is 6.43 Å². The van der Waals surface area contributed by atoms with Gasteiger partial charge in [0.15, 0.2) is 5.69 Å². The van der Waals surface area contributed by atoms with Gasteiger partial charge in [-0.15, -0.1) is 0 Å². The first-order chi connectivity index (χ1) is 16.3. The summed E-state index contributed by atoms with van der Waals surface area (Å²) in [6, 6.07) is 7.37. The SMILES string of the molecule is CS(=O)(=O)N1CCC(N2CC(n3cc(Nc4cccc(-c5ccn[nH]5)n4)c(C(F)F)n3)C2)CC1. The quantitative estimate of drug-likeness (QED) is 0.521. The summed E-state index contributed by atoms with van der Waals surface area (Å²) >= 11 is 0. The molecule has 0 spiro atoms. The number of aromatic nitrogens is 5. The average Bonchev–Trinajstić information content (AvgIpc) is 3.43. The summed E-state index contributed by atoms with van der Waals surface area (Å²) in [4.78, 5) is 6.75. The molecule has 0 aromatic carbocycles. The Morgan fingerprint density at radius 3 is 2.56 bits per heavy atom. The Morgan fingerprint density at radius 1 is 1.15 bits per heavy atom. The number of nitrogens with zero attached hydrogens (tertiary/aromatic N) is 6. The van der Waals surface area contributed by atoms with Crippen LogP contribution in [0.5, 0.6) is 0 Å². The van der Waals surface area contributed by atoms with Crippen molar-refractivity contribution in [2.24, 2.45) is 0 Å². The lowest BCUT2D eigenvalue weighted by molar-refractivity contribution is 0.0300. The maximum atomic E-state index is 13.7. The van der Waals surface area contributed by atoms with Crippen molar-refractivity contribution in [3.05, 3.63) is 42.4 Å². The van der Waals surface area contributed by atoms with Crippen molar-refractivity contribution in [1.82, 2.24) is 34.2 Å². The standard InChI is InChI=1S/C21H26F2N8O2S/c1-34(32,33)30-9-6-14(7-10-30)29-11-15(12-29)31-13-18(20(28-31)21(22)23)26-19-4-2-3-16(25-19)17-5-8-24-27-17/h2-5,8,13-15,21H,6-7,9-12H2,1H3,(H,24,27)(H,25,26). The molecule has 2 aliphatic heterocycles. The summed E-state index contributed by atoms with van der Waals surface area (Å²) in [5.41, 5.74) is 1.29. The monoisotopic (exact) mass is 492 g/mol. The van der Waals surface area contributed by atoms with Crippen molar-refractivity contribution in [3.8, 4) is 11.4 Å². The first-order valence-electron chi connectivity index (χ1n) is 11.1. The summed E-state index contributed by atoms with van der Waals surface area (Å²) < 4.78 is 54.0. The summed E-state index contributed by atoms with van der Waals surface area (Å²) in [6.07, 6.45) is 3.28. The van der Waals surface area contributed by atoms with E-state index in [2.05, 4.69) is 30.5 Å². The molecule has 3 aromatic heterocycles. The number of likely N-dealkylation sites (tertiary alicyclic amines) is 1. The van der Waals surface area contributed by atoms with Crippen LogP contribution in [-0.4, -0.2) is 81.1 Å². The Hall–Kier alpha value is -2.90. The van der Waals surface area contributed by atoms with Crippen LogP contribution in [0.3, 0.4) is 0 Å². The number of alkyl halides is 2. The highest BCUT2D eigenvalue weighted by atomic mass is 32.2. The van der Waals surface area contributed by atoms with Crippen LogP contribution < -0.4 is 5.32 Å². The van der Waals surface area contributed by atoms with Gasteiger partial charge in [0.2, 0.25) is 10.0 Å². The number of piperidine rings is 1. The highest BCUT2D eigenvalue weighted by molar-refractivity contribution is 7.88.